The number of carbonyl (C=O) groups is 2. The maximum atomic E-state index is 12.0. The van der Waals surface area contributed by atoms with E-state index in [1.165, 1.54) is 20.4 Å². The molecule has 0 spiro atoms. The highest BCUT2D eigenvalue weighted by Crippen LogP contribution is 2.34. The zero-order chi connectivity index (χ0) is 18.9. The van der Waals surface area contributed by atoms with Crippen LogP contribution < -0.4 is 20.1 Å². The fourth-order valence-corrected chi connectivity index (χ4v) is 2.12. The summed E-state index contributed by atoms with van der Waals surface area (Å²) >= 11 is 0. The molecule has 26 heavy (non-hydrogen) atoms. The molecular weight excluding hydrogens is 334 g/mol. The first-order valence-electron chi connectivity index (χ1n) is 7.70. The second-order valence-electron chi connectivity index (χ2n) is 5.08. The summed E-state index contributed by atoms with van der Waals surface area (Å²) in [6.45, 7) is 0. The van der Waals surface area contributed by atoms with Gasteiger partial charge in [-0.05, 0) is 24.3 Å². The fraction of sp³-hybridized carbons (Fsp3) is 0.105. The molecule has 0 radical (unpaired) electrons. The summed E-state index contributed by atoms with van der Waals surface area (Å²) in [4.78, 5) is 23.9. The number of allylic oxidation sites excluding steroid dienone is 1. The molecule has 2 aromatic rings. The lowest BCUT2D eigenvalue weighted by molar-refractivity contribution is -0.113. The van der Waals surface area contributed by atoms with E-state index in [1.54, 1.807) is 48.5 Å². The van der Waals surface area contributed by atoms with Crippen molar-refractivity contribution in [2.24, 2.45) is 0 Å². The SMILES string of the molecule is COc1cccc(N/C=C\C(=O)C(=N)C(=O)Nc2ccccc2)c1OC. The number of rotatable bonds is 8. The van der Waals surface area contributed by atoms with Gasteiger partial charge >= 0.3 is 0 Å². The van der Waals surface area contributed by atoms with Crippen LogP contribution in [0, 0.1) is 5.41 Å². The van der Waals surface area contributed by atoms with Crippen LogP contribution in [-0.2, 0) is 9.59 Å². The van der Waals surface area contributed by atoms with Crippen LogP contribution in [0.15, 0.2) is 60.8 Å². The van der Waals surface area contributed by atoms with Crippen LogP contribution >= 0.6 is 0 Å². The van der Waals surface area contributed by atoms with Crippen molar-refractivity contribution in [3.8, 4) is 11.5 Å². The zero-order valence-electron chi connectivity index (χ0n) is 14.4. The van der Waals surface area contributed by atoms with Crippen LogP contribution in [0.1, 0.15) is 0 Å². The maximum absolute atomic E-state index is 12.0. The number of hydrogen-bond acceptors (Lipinski definition) is 6. The fourth-order valence-electron chi connectivity index (χ4n) is 2.12. The van der Waals surface area contributed by atoms with Crippen LogP contribution in [0.2, 0.25) is 0 Å². The molecule has 3 N–H and O–H groups in total. The standard InChI is InChI=1S/C19H19N3O4/c1-25-16-10-6-9-14(18(16)26-2)21-12-11-15(23)17(20)19(24)22-13-7-4-3-5-8-13/h3-12,20-21H,1-2H3,(H,22,24)/b12-11-,20-17?. The number of methoxy groups -OCH3 is 2. The molecule has 7 heteroatoms. The van der Waals surface area contributed by atoms with Crippen LogP contribution in [0.5, 0.6) is 11.5 Å². The van der Waals surface area contributed by atoms with Gasteiger partial charge in [-0.15, -0.1) is 0 Å². The molecule has 7 nitrogen and oxygen atoms in total. The number of benzene rings is 2. The van der Waals surface area contributed by atoms with Gasteiger partial charge in [0.15, 0.2) is 17.2 Å². The minimum atomic E-state index is -0.773. The summed E-state index contributed by atoms with van der Waals surface area (Å²) < 4.78 is 10.5. The molecule has 0 bridgehead atoms. The highest BCUT2D eigenvalue weighted by Gasteiger charge is 2.16. The van der Waals surface area contributed by atoms with E-state index in [0.29, 0.717) is 22.9 Å². The van der Waals surface area contributed by atoms with Gasteiger partial charge in [-0.1, -0.05) is 24.3 Å². The number of anilines is 2. The molecule has 134 valence electrons. The van der Waals surface area contributed by atoms with Crippen LogP contribution in [0.25, 0.3) is 0 Å². The Bertz CT molecular complexity index is 832. The van der Waals surface area contributed by atoms with Crippen molar-refractivity contribution in [3.63, 3.8) is 0 Å². The highest BCUT2D eigenvalue weighted by atomic mass is 16.5. The number of nitrogens with one attached hydrogen (secondary N) is 3. The van der Waals surface area contributed by atoms with Gasteiger partial charge in [0.1, 0.15) is 0 Å². The minimum absolute atomic E-state index is 0.476. The molecule has 0 unspecified atom stereocenters. The van der Waals surface area contributed by atoms with Crippen LogP contribution in [-0.4, -0.2) is 31.6 Å². The van der Waals surface area contributed by atoms with Crippen molar-refractivity contribution in [2.45, 2.75) is 0 Å². The van der Waals surface area contributed by atoms with Crippen LogP contribution in [0.4, 0.5) is 11.4 Å². The third-order valence-corrected chi connectivity index (χ3v) is 3.38. The molecular formula is C19H19N3O4. The predicted octanol–water partition coefficient (Wildman–Crippen LogP) is 2.86. The third-order valence-electron chi connectivity index (χ3n) is 3.38. The zero-order valence-corrected chi connectivity index (χ0v) is 14.4. The van der Waals surface area contributed by atoms with Gasteiger partial charge in [0.2, 0.25) is 5.78 Å². The lowest BCUT2D eigenvalue weighted by atomic mass is 10.2. The van der Waals surface area contributed by atoms with E-state index in [4.69, 9.17) is 14.9 Å². The van der Waals surface area contributed by atoms with E-state index >= 15 is 0 Å². The van der Waals surface area contributed by atoms with Gasteiger partial charge in [0.25, 0.3) is 5.91 Å². The Morgan fingerprint density at radius 1 is 1.00 bits per heavy atom. The molecule has 0 saturated heterocycles. The first-order valence-corrected chi connectivity index (χ1v) is 7.70. The number of ketones is 1. The van der Waals surface area contributed by atoms with E-state index in [9.17, 15) is 9.59 Å². The van der Waals surface area contributed by atoms with Gasteiger partial charge in [-0.25, -0.2) is 0 Å². The molecule has 2 rings (SSSR count). The summed E-state index contributed by atoms with van der Waals surface area (Å²) in [7, 11) is 3.02. The van der Waals surface area contributed by atoms with Crippen molar-refractivity contribution in [3.05, 3.63) is 60.8 Å². The quantitative estimate of drug-likeness (QED) is 0.385. The van der Waals surface area contributed by atoms with Crippen molar-refractivity contribution < 1.29 is 19.1 Å². The molecule has 0 heterocycles. The molecule has 0 fully saturated rings. The third kappa shape index (κ3) is 4.70. The van der Waals surface area contributed by atoms with Crippen molar-refractivity contribution >= 4 is 28.8 Å². The molecule has 0 atom stereocenters. The average molecular weight is 353 g/mol. The number of para-hydroxylation sites is 2. The molecule has 0 saturated carbocycles. The smallest absolute Gasteiger partial charge is 0.277 e. The second-order valence-corrected chi connectivity index (χ2v) is 5.08. The molecule has 0 aliphatic rings. The van der Waals surface area contributed by atoms with E-state index in [0.717, 1.165) is 6.08 Å². The van der Waals surface area contributed by atoms with E-state index in [2.05, 4.69) is 10.6 Å². The number of amides is 1. The summed E-state index contributed by atoms with van der Waals surface area (Å²) in [5.74, 6) is -0.492. The normalized spacial score (nSPS) is 10.2. The lowest BCUT2D eigenvalue weighted by Crippen LogP contribution is -2.28. The van der Waals surface area contributed by atoms with Gasteiger partial charge in [-0.2, -0.15) is 0 Å². The predicted molar refractivity (Wildman–Crippen MR) is 100 cm³/mol. The summed E-state index contributed by atoms with van der Waals surface area (Å²) in [6, 6.07) is 13.9. The Kier molecular flexibility index (Phi) is 6.50. The Hall–Kier alpha value is -3.61. The average Bonchev–Trinajstić information content (AvgIpc) is 2.67. The Morgan fingerprint density at radius 2 is 1.73 bits per heavy atom. The summed E-state index contributed by atoms with van der Waals surface area (Å²) in [5, 5.41) is 13.1. The highest BCUT2D eigenvalue weighted by molar-refractivity contribution is 6.68. The number of hydrogen-bond donors (Lipinski definition) is 3. The minimum Gasteiger partial charge on any atom is -0.493 e. The van der Waals surface area contributed by atoms with Crippen molar-refractivity contribution in [1.82, 2.24) is 0 Å². The Balaban J connectivity index is 1.99. The first kappa shape index (κ1) is 18.7. The first-order chi connectivity index (χ1) is 12.6. The molecule has 1 amide bonds. The van der Waals surface area contributed by atoms with Gasteiger partial charge in [-0.3, -0.25) is 15.0 Å². The monoisotopic (exact) mass is 353 g/mol. The van der Waals surface area contributed by atoms with Gasteiger partial charge < -0.3 is 20.1 Å². The van der Waals surface area contributed by atoms with Crippen molar-refractivity contribution in [2.75, 3.05) is 24.9 Å². The van der Waals surface area contributed by atoms with Crippen LogP contribution in [0.3, 0.4) is 0 Å². The number of ether oxygens (including phenoxy) is 2. The topological polar surface area (TPSA) is 101 Å². The second kappa shape index (κ2) is 9.03. The molecule has 0 aromatic heterocycles. The van der Waals surface area contributed by atoms with E-state index in [-0.39, 0.29) is 0 Å². The van der Waals surface area contributed by atoms with E-state index < -0.39 is 17.4 Å². The maximum Gasteiger partial charge on any atom is 0.277 e. The Labute approximate surface area is 151 Å². The summed E-state index contributed by atoms with van der Waals surface area (Å²) in [5.41, 5.74) is 0.430. The molecule has 2 aromatic carbocycles. The molecule has 0 aliphatic heterocycles. The van der Waals surface area contributed by atoms with Crippen molar-refractivity contribution in [1.29, 1.82) is 5.41 Å². The van der Waals surface area contributed by atoms with Gasteiger partial charge in [0, 0.05) is 18.0 Å². The Morgan fingerprint density at radius 3 is 2.38 bits per heavy atom. The van der Waals surface area contributed by atoms with Gasteiger partial charge in [0.05, 0.1) is 19.9 Å². The molecule has 0 aliphatic carbocycles. The number of carbonyl (C=O) groups excluding carboxylic acids is 2. The summed E-state index contributed by atoms with van der Waals surface area (Å²) in [6.07, 6.45) is 2.44. The largest absolute Gasteiger partial charge is 0.493 e. The lowest BCUT2D eigenvalue weighted by Gasteiger charge is -2.11. The van der Waals surface area contributed by atoms with E-state index in [1.807, 2.05) is 0 Å².